The molecule has 0 radical (unpaired) electrons. The molecule has 0 saturated heterocycles. The molecule has 0 bridgehead atoms. The Balaban J connectivity index is 2.03. The third-order valence-electron chi connectivity index (χ3n) is 2.85. The van der Waals surface area contributed by atoms with Crippen molar-refractivity contribution in [2.24, 2.45) is 5.73 Å². The number of anilines is 2. The van der Waals surface area contributed by atoms with Crippen molar-refractivity contribution in [2.45, 2.75) is 13.5 Å². The highest BCUT2D eigenvalue weighted by molar-refractivity contribution is 5.88. The number of carbonyl (C=O) groups is 1. The number of rotatable bonds is 4. The molecule has 2 aromatic rings. The highest BCUT2D eigenvalue weighted by atomic mass is 19.1. The van der Waals surface area contributed by atoms with Crippen molar-refractivity contribution in [2.75, 3.05) is 10.6 Å². The van der Waals surface area contributed by atoms with Gasteiger partial charge in [0.1, 0.15) is 5.82 Å². The van der Waals surface area contributed by atoms with Crippen LogP contribution in [0.25, 0.3) is 0 Å². The van der Waals surface area contributed by atoms with Crippen LogP contribution in [-0.4, -0.2) is 6.03 Å². The Bertz CT molecular complexity index is 628. The predicted octanol–water partition coefficient (Wildman–Crippen LogP) is 3.24. The zero-order chi connectivity index (χ0) is 14.5. The number of urea groups is 1. The van der Waals surface area contributed by atoms with Gasteiger partial charge in [-0.25, -0.2) is 9.18 Å². The molecular formula is C15H16FN3O. The Morgan fingerprint density at radius 2 is 1.95 bits per heavy atom. The van der Waals surface area contributed by atoms with Crippen molar-refractivity contribution in [1.29, 1.82) is 0 Å². The lowest BCUT2D eigenvalue weighted by atomic mass is 10.1. The number of benzene rings is 2. The van der Waals surface area contributed by atoms with Crippen LogP contribution in [0, 0.1) is 12.7 Å². The van der Waals surface area contributed by atoms with Gasteiger partial charge in [0.2, 0.25) is 0 Å². The van der Waals surface area contributed by atoms with Crippen molar-refractivity contribution in [1.82, 2.24) is 0 Å². The molecule has 2 aromatic carbocycles. The quantitative estimate of drug-likeness (QED) is 0.800. The van der Waals surface area contributed by atoms with Gasteiger partial charge in [-0.15, -0.1) is 0 Å². The summed E-state index contributed by atoms with van der Waals surface area (Å²) in [6.45, 7) is 2.30. The third kappa shape index (κ3) is 3.71. The smallest absolute Gasteiger partial charge is 0.316 e. The first-order valence-corrected chi connectivity index (χ1v) is 6.20. The monoisotopic (exact) mass is 273 g/mol. The molecule has 0 unspecified atom stereocenters. The number of amides is 2. The van der Waals surface area contributed by atoms with E-state index in [4.69, 9.17) is 5.73 Å². The number of aryl methyl sites for hydroxylation is 1. The summed E-state index contributed by atoms with van der Waals surface area (Å²) in [7, 11) is 0. The minimum absolute atomic E-state index is 0.207. The van der Waals surface area contributed by atoms with E-state index >= 15 is 0 Å². The summed E-state index contributed by atoms with van der Waals surface area (Å²) in [6, 6.07) is 11.6. The van der Waals surface area contributed by atoms with E-state index in [0.717, 1.165) is 11.3 Å². The van der Waals surface area contributed by atoms with Crippen LogP contribution in [0.2, 0.25) is 0 Å². The molecule has 0 aliphatic carbocycles. The Morgan fingerprint density at radius 3 is 2.65 bits per heavy atom. The van der Waals surface area contributed by atoms with Gasteiger partial charge in [0.05, 0.1) is 0 Å². The van der Waals surface area contributed by atoms with E-state index in [1.54, 1.807) is 31.2 Å². The summed E-state index contributed by atoms with van der Waals surface area (Å²) < 4.78 is 13.2. The molecule has 5 heteroatoms. The van der Waals surface area contributed by atoms with E-state index in [9.17, 15) is 9.18 Å². The van der Waals surface area contributed by atoms with E-state index < -0.39 is 6.03 Å². The van der Waals surface area contributed by atoms with Gasteiger partial charge in [-0.05, 0) is 42.3 Å². The summed E-state index contributed by atoms with van der Waals surface area (Å²) in [4.78, 5) is 10.8. The van der Waals surface area contributed by atoms with Gasteiger partial charge >= 0.3 is 6.03 Å². The van der Waals surface area contributed by atoms with E-state index in [0.29, 0.717) is 17.8 Å². The highest BCUT2D eigenvalue weighted by Gasteiger charge is 2.01. The van der Waals surface area contributed by atoms with E-state index in [-0.39, 0.29) is 5.82 Å². The Hall–Kier alpha value is -2.56. The lowest BCUT2D eigenvalue weighted by Crippen LogP contribution is -2.19. The fourth-order valence-corrected chi connectivity index (χ4v) is 1.87. The first kappa shape index (κ1) is 13.9. The van der Waals surface area contributed by atoms with Crippen molar-refractivity contribution in [3.05, 3.63) is 59.4 Å². The molecule has 0 spiro atoms. The number of primary amides is 1. The summed E-state index contributed by atoms with van der Waals surface area (Å²) >= 11 is 0. The first-order chi connectivity index (χ1) is 9.54. The summed E-state index contributed by atoms with van der Waals surface area (Å²) in [5.41, 5.74) is 8.14. The molecule has 20 heavy (non-hydrogen) atoms. The summed E-state index contributed by atoms with van der Waals surface area (Å²) in [5, 5.41) is 5.72. The zero-order valence-electron chi connectivity index (χ0n) is 11.1. The average molecular weight is 273 g/mol. The van der Waals surface area contributed by atoms with Gasteiger partial charge in [0, 0.05) is 17.9 Å². The van der Waals surface area contributed by atoms with Crippen molar-refractivity contribution < 1.29 is 9.18 Å². The van der Waals surface area contributed by atoms with Gasteiger partial charge in [-0.2, -0.15) is 0 Å². The number of carbonyl (C=O) groups excluding carboxylic acids is 1. The van der Waals surface area contributed by atoms with E-state index in [1.165, 1.54) is 6.07 Å². The molecular weight excluding hydrogens is 257 g/mol. The maximum absolute atomic E-state index is 13.2. The zero-order valence-corrected chi connectivity index (χ0v) is 11.1. The van der Waals surface area contributed by atoms with Crippen LogP contribution in [0.5, 0.6) is 0 Å². The number of hydrogen-bond acceptors (Lipinski definition) is 2. The maximum Gasteiger partial charge on any atom is 0.316 e. The van der Waals surface area contributed by atoms with Crippen LogP contribution >= 0.6 is 0 Å². The molecule has 4 nitrogen and oxygen atoms in total. The molecule has 4 N–H and O–H groups in total. The number of nitrogens with two attached hydrogens (primary N) is 1. The average Bonchev–Trinajstić information content (AvgIpc) is 2.40. The molecule has 104 valence electrons. The fourth-order valence-electron chi connectivity index (χ4n) is 1.87. The molecule has 0 aliphatic heterocycles. The highest BCUT2D eigenvalue weighted by Crippen LogP contribution is 2.16. The van der Waals surface area contributed by atoms with Gasteiger partial charge < -0.3 is 16.4 Å². The third-order valence-corrected chi connectivity index (χ3v) is 2.85. The van der Waals surface area contributed by atoms with Crippen molar-refractivity contribution >= 4 is 17.4 Å². The standard InChI is InChI=1S/C15H16FN3O/c1-10-7-11(5-6-14(10)16)9-18-12-3-2-4-13(8-12)19-15(17)20/h2-8,18H,9H2,1H3,(H3,17,19,20). The second kappa shape index (κ2) is 6.06. The molecule has 2 rings (SSSR count). The second-order valence-corrected chi connectivity index (χ2v) is 4.51. The van der Waals surface area contributed by atoms with E-state index in [1.807, 2.05) is 12.1 Å². The van der Waals surface area contributed by atoms with Gasteiger partial charge in [-0.1, -0.05) is 18.2 Å². The molecule has 0 saturated carbocycles. The summed E-state index contributed by atoms with van der Waals surface area (Å²) in [6.07, 6.45) is 0. The van der Waals surface area contributed by atoms with Crippen molar-refractivity contribution in [3.8, 4) is 0 Å². The number of nitrogens with one attached hydrogen (secondary N) is 2. The van der Waals surface area contributed by atoms with Crippen LogP contribution < -0.4 is 16.4 Å². The fraction of sp³-hybridized carbons (Fsp3) is 0.133. The molecule has 0 heterocycles. The van der Waals surface area contributed by atoms with Gasteiger partial charge in [0.25, 0.3) is 0 Å². The SMILES string of the molecule is Cc1cc(CNc2cccc(NC(N)=O)c2)ccc1F. The number of hydrogen-bond donors (Lipinski definition) is 3. The largest absolute Gasteiger partial charge is 0.381 e. The van der Waals surface area contributed by atoms with Crippen molar-refractivity contribution in [3.63, 3.8) is 0 Å². The Kier molecular flexibility index (Phi) is 4.20. The Labute approximate surface area is 116 Å². The molecule has 2 amide bonds. The van der Waals surface area contributed by atoms with Gasteiger partial charge in [-0.3, -0.25) is 0 Å². The lowest BCUT2D eigenvalue weighted by molar-refractivity contribution is 0.259. The minimum Gasteiger partial charge on any atom is -0.381 e. The van der Waals surface area contributed by atoms with Crippen LogP contribution in [0.3, 0.4) is 0 Å². The molecule has 0 fully saturated rings. The van der Waals surface area contributed by atoms with Gasteiger partial charge in [0.15, 0.2) is 0 Å². The maximum atomic E-state index is 13.2. The first-order valence-electron chi connectivity index (χ1n) is 6.20. The van der Waals surface area contributed by atoms with Crippen LogP contribution in [-0.2, 0) is 6.54 Å². The lowest BCUT2D eigenvalue weighted by Gasteiger charge is -2.09. The molecule has 0 aliphatic rings. The molecule has 0 atom stereocenters. The van der Waals surface area contributed by atoms with Crippen LogP contribution in [0.1, 0.15) is 11.1 Å². The second-order valence-electron chi connectivity index (χ2n) is 4.51. The van der Waals surface area contributed by atoms with Crippen LogP contribution in [0.15, 0.2) is 42.5 Å². The van der Waals surface area contributed by atoms with Crippen LogP contribution in [0.4, 0.5) is 20.6 Å². The Morgan fingerprint density at radius 1 is 1.20 bits per heavy atom. The minimum atomic E-state index is -0.601. The normalized spacial score (nSPS) is 10.1. The molecule has 0 aromatic heterocycles. The number of halogens is 1. The van der Waals surface area contributed by atoms with E-state index in [2.05, 4.69) is 10.6 Å². The predicted molar refractivity (Wildman–Crippen MR) is 78.1 cm³/mol. The topological polar surface area (TPSA) is 67.2 Å². The summed E-state index contributed by atoms with van der Waals surface area (Å²) in [5.74, 6) is -0.207.